The summed E-state index contributed by atoms with van der Waals surface area (Å²) in [6.07, 6.45) is 3.79. The van der Waals surface area contributed by atoms with Crippen molar-refractivity contribution in [2.75, 3.05) is 13.2 Å². The highest BCUT2D eigenvalue weighted by atomic mass is 16.5. The van der Waals surface area contributed by atoms with Crippen molar-refractivity contribution < 1.29 is 9.53 Å². The number of carbonyl (C=O) groups is 1. The summed E-state index contributed by atoms with van der Waals surface area (Å²) in [5.74, 6) is 0.0788. The first-order valence-electron chi connectivity index (χ1n) is 7.70. The molecule has 1 aromatic heterocycles. The molecule has 5 nitrogen and oxygen atoms in total. The monoisotopic (exact) mass is 293 g/mol. The summed E-state index contributed by atoms with van der Waals surface area (Å²) < 4.78 is 7.31. The highest BCUT2D eigenvalue weighted by Crippen LogP contribution is 2.08. The highest BCUT2D eigenvalue weighted by molar-refractivity contribution is 5.76. The van der Waals surface area contributed by atoms with Crippen LogP contribution in [0.2, 0.25) is 0 Å². The van der Waals surface area contributed by atoms with Crippen molar-refractivity contribution >= 4 is 5.91 Å². The Bertz CT molecular complexity index is 456. The number of hydrogen-bond acceptors (Lipinski definition) is 3. The van der Waals surface area contributed by atoms with Crippen LogP contribution in [0.4, 0.5) is 0 Å². The van der Waals surface area contributed by atoms with Gasteiger partial charge in [0.1, 0.15) is 6.54 Å². The van der Waals surface area contributed by atoms with Gasteiger partial charge in [-0.05, 0) is 45.7 Å². The van der Waals surface area contributed by atoms with E-state index in [1.54, 1.807) is 0 Å². The molecule has 0 aromatic carbocycles. The van der Waals surface area contributed by atoms with Gasteiger partial charge in [-0.25, -0.2) is 0 Å². The second-order valence-corrected chi connectivity index (χ2v) is 6.69. The fourth-order valence-electron chi connectivity index (χ4n) is 2.39. The fraction of sp³-hybridized carbons (Fsp3) is 0.688. The zero-order valence-corrected chi connectivity index (χ0v) is 13.3. The number of rotatable bonds is 5. The van der Waals surface area contributed by atoms with Crippen molar-refractivity contribution in [2.24, 2.45) is 0 Å². The molecule has 0 atom stereocenters. The van der Waals surface area contributed by atoms with Gasteiger partial charge in [0.2, 0.25) is 5.91 Å². The third kappa shape index (κ3) is 5.52. The smallest absolute Gasteiger partial charge is 0.240 e. The Morgan fingerprint density at radius 3 is 2.76 bits per heavy atom. The molecule has 21 heavy (non-hydrogen) atoms. The summed E-state index contributed by atoms with van der Waals surface area (Å²) in [5, 5.41) is 6.55. The summed E-state index contributed by atoms with van der Waals surface area (Å²) in [6.45, 7) is 9.05. The molecule has 1 saturated heterocycles. The maximum Gasteiger partial charge on any atom is 0.240 e. The number of carbonyl (C=O) groups excluding carboxylic acids is 1. The molecule has 1 amide bonds. The Morgan fingerprint density at radius 1 is 1.38 bits per heavy atom. The second-order valence-electron chi connectivity index (χ2n) is 6.69. The predicted octanol–water partition coefficient (Wildman–Crippen LogP) is 1.67. The molecular formula is C16H27N3O2. The quantitative estimate of drug-likeness (QED) is 0.868. The SMILES string of the molecule is CC(C)(C)NCc1cccn1CC(=O)NC1CCOCC1. The molecule has 1 aliphatic rings. The number of ether oxygens (including phenoxy) is 1. The molecule has 2 N–H and O–H groups in total. The Labute approximate surface area is 127 Å². The van der Waals surface area contributed by atoms with E-state index in [1.807, 2.05) is 16.8 Å². The average molecular weight is 293 g/mol. The van der Waals surface area contributed by atoms with Crippen molar-refractivity contribution in [3.63, 3.8) is 0 Å². The van der Waals surface area contributed by atoms with E-state index in [4.69, 9.17) is 4.74 Å². The normalized spacial score (nSPS) is 16.9. The molecule has 2 rings (SSSR count). The third-order valence-corrected chi connectivity index (χ3v) is 3.62. The van der Waals surface area contributed by atoms with Gasteiger partial charge in [0.15, 0.2) is 0 Å². The van der Waals surface area contributed by atoms with Crippen molar-refractivity contribution in [1.82, 2.24) is 15.2 Å². The van der Waals surface area contributed by atoms with Gasteiger partial charge in [-0.3, -0.25) is 4.79 Å². The van der Waals surface area contributed by atoms with Crippen molar-refractivity contribution in [1.29, 1.82) is 0 Å². The minimum atomic E-state index is 0.0689. The van der Waals surface area contributed by atoms with Gasteiger partial charge in [-0.2, -0.15) is 0 Å². The standard InChI is InChI=1S/C16H27N3O2/c1-16(2,3)17-11-14-5-4-8-19(14)12-15(20)18-13-6-9-21-10-7-13/h4-5,8,13,17H,6-7,9-12H2,1-3H3,(H,18,20). The molecule has 1 aromatic rings. The number of hydrogen-bond donors (Lipinski definition) is 2. The van der Waals surface area contributed by atoms with E-state index in [2.05, 4.69) is 37.5 Å². The summed E-state index contributed by atoms with van der Waals surface area (Å²) in [4.78, 5) is 12.1. The first-order chi connectivity index (χ1) is 9.94. The Balaban J connectivity index is 1.84. The number of aromatic nitrogens is 1. The van der Waals surface area contributed by atoms with Crippen LogP contribution in [-0.4, -0.2) is 35.3 Å². The van der Waals surface area contributed by atoms with Crippen LogP contribution in [0, 0.1) is 0 Å². The zero-order chi connectivity index (χ0) is 15.3. The lowest BCUT2D eigenvalue weighted by Crippen LogP contribution is -2.41. The lowest BCUT2D eigenvalue weighted by atomic mass is 10.1. The average Bonchev–Trinajstić information content (AvgIpc) is 2.84. The Hall–Kier alpha value is -1.33. The number of nitrogens with zero attached hydrogens (tertiary/aromatic N) is 1. The molecular weight excluding hydrogens is 266 g/mol. The maximum atomic E-state index is 12.1. The van der Waals surface area contributed by atoms with Crippen LogP contribution in [0.25, 0.3) is 0 Å². The molecule has 2 heterocycles. The summed E-state index contributed by atoms with van der Waals surface area (Å²) in [6, 6.07) is 4.31. The minimum Gasteiger partial charge on any atom is -0.381 e. The molecule has 0 unspecified atom stereocenters. The topological polar surface area (TPSA) is 55.3 Å². The van der Waals surface area contributed by atoms with Crippen LogP contribution < -0.4 is 10.6 Å². The largest absolute Gasteiger partial charge is 0.381 e. The van der Waals surface area contributed by atoms with E-state index in [0.29, 0.717) is 6.54 Å². The van der Waals surface area contributed by atoms with Crippen LogP contribution in [0.3, 0.4) is 0 Å². The molecule has 0 spiro atoms. The van der Waals surface area contributed by atoms with Gasteiger partial charge in [-0.15, -0.1) is 0 Å². The van der Waals surface area contributed by atoms with Gasteiger partial charge < -0.3 is 19.9 Å². The van der Waals surface area contributed by atoms with E-state index in [9.17, 15) is 4.79 Å². The van der Waals surface area contributed by atoms with Crippen molar-refractivity contribution in [2.45, 2.75) is 58.3 Å². The molecule has 0 aliphatic carbocycles. The molecule has 0 saturated carbocycles. The minimum absolute atomic E-state index is 0.0689. The van der Waals surface area contributed by atoms with Gasteiger partial charge in [0, 0.05) is 43.2 Å². The van der Waals surface area contributed by atoms with Gasteiger partial charge in [-0.1, -0.05) is 0 Å². The summed E-state index contributed by atoms with van der Waals surface area (Å²) in [7, 11) is 0. The van der Waals surface area contributed by atoms with Crippen molar-refractivity contribution in [3.05, 3.63) is 24.0 Å². The first-order valence-corrected chi connectivity index (χ1v) is 7.70. The Morgan fingerprint density at radius 2 is 2.10 bits per heavy atom. The third-order valence-electron chi connectivity index (χ3n) is 3.62. The molecule has 1 aliphatic heterocycles. The van der Waals surface area contributed by atoms with E-state index >= 15 is 0 Å². The van der Waals surface area contributed by atoms with E-state index in [0.717, 1.165) is 38.3 Å². The lowest BCUT2D eigenvalue weighted by Gasteiger charge is -2.24. The van der Waals surface area contributed by atoms with Gasteiger partial charge in [0.05, 0.1) is 0 Å². The number of nitrogens with one attached hydrogen (secondary N) is 2. The Kier molecular flexibility index (Phi) is 5.42. The van der Waals surface area contributed by atoms with Gasteiger partial charge >= 0.3 is 0 Å². The van der Waals surface area contributed by atoms with Crippen LogP contribution in [-0.2, 0) is 22.6 Å². The summed E-state index contributed by atoms with van der Waals surface area (Å²) in [5.41, 5.74) is 1.20. The predicted molar refractivity (Wildman–Crippen MR) is 83.0 cm³/mol. The lowest BCUT2D eigenvalue weighted by molar-refractivity contribution is -0.123. The maximum absolute atomic E-state index is 12.1. The van der Waals surface area contributed by atoms with Crippen LogP contribution in [0.5, 0.6) is 0 Å². The molecule has 118 valence electrons. The van der Waals surface area contributed by atoms with Crippen LogP contribution in [0.1, 0.15) is 39.3 Å². The molecule has 1 fully saturated rings. The summed E-state index contributed by atoms with van der Waals surface area (Å²) >= 11 is 0. The molecule has 0 radical (unpaired) electrons. The number of amides is 1. The highest BCUT2D eigenvalue weighted by Gasteiger charge is 2.17. The fourth-order valence-corrected chi connectivity index (χ4v) is 2.39. The van der Waals surface area contributed by atoms with Gasteiger partial charge in [0.25, 0.3) is 0 Å². The van der Waals surface area contributed by atoms with E-state index in [-0.39, 0.29) is 17.5 Å². The first kappa shape index (κ1) is 16.0. The van der Waals surface area contributed by atoms with Crippen LogP contribution >= 0.6 is 0 Å². The van der Waals surface area contributed by atoms with E-state index < -0.39 is 0 Å². The molecule has 0 bridgehead atoms. The van der Waals surface area contributed by atoms with Crippen molar-refractivity contribution in [3.8, 4) is 0 Å². The second kappa shape index (κ2) is 7.09. The van der Waals surface area contributed by atoms with E-state index in [1.165, 1.54) is 0 Å². The zero-order valence-electron chi connectivity index (χ0n) is 13.3. The molecule has 5 heteroatoms. The van der Waals surface area contributed by atoms with Crippen LogP contribution in [0.15, 0.2) is 18.3 Å².